The van der Waals surface area contributed by atoms with Crippen molar-refractivity contribution < 1.29 is 14.4 Å². The largest absolute Gasteiger partial charge is 0.367 e. The van der Waals surface area contributed by atoms with Gasteiger partial charge in [-0.2, -0.15) is 0 Å². The Morgan fingerprint density at radius 2 is 1.58 bits per heavy atom. The lowest BCUT2D eigenvalue weighted by atomic mass is 9.62. The van der Waals surface area contributed by atoms with E-state index in [0.29, 0.717) is 25.1 Å². The number of carbonyl (C=O) groups excluding carboxylic acids is 3. The van der Waals surface area contributed by atoms with Crippen molar-refractivity contribution in [2.75, 3.05) is 31.1 Å². The number of urea groups is 1. The van der Waals surface area contributed by atoms with Crippen molar-refractivity contribution >= 4 is 23.5 Å². The molecule has 0 aromatic heterocycles. The molecule has 2 N–H and O–H groups in total. The number of rotatable bonds is 6. The normalized spacial score (nSPS) is 28.0. The lowest BCUT2D eigenvalue weighted by Gasteiger charge is -2.43. The van der Waals surface area contributed by atoms with E-state index in [1.54, 1.807) is 0 Å². The van der Waals surface area contributed by atoms with Gasteiger partial charge in [0.2, 0.25) is 5.54 Å². The van der Waals surface area contributed by atoms with Gasteiger partial charge in [-0.25, -0.2) is 9.69 Å². The van der Waals surface area contributed by atoms with Crippen molar-refractivity contribution in [2.45, 2.75) is 68.7 Å². The molecule has 0 bridgehead atoms. The third-order valence-corrected chi connectivity index (χ3v) is 8.17. The minimum Gasteiger partial charge on any atom is -0.367 e. The molecule has 1 saturated carbocycles. The van der Waals surface area contributed by atoms with Crippen molar-refractivity contribution in [1.82, 2.24) is 9.80 Å². The van der Waals surface area contributed by atoms with E-state index in [0.717, 1.165) is 24.3 Å². The number of anilines is 1. The van der Waals surface area contributed by atoms with Gasteiger partial charge in [0.25, 0.3) is 11.8 Å². The summed E-state index contributed by atoms with van der Waals surface area (Å²) >= 11 is 0. The zero-order valence-electron chi connectivity index (χ0n) is 18.1. The second-order valence-corrected chi connectivity index (χ2v) is 9.74. The van der Waals surface area contributed by atoms with E-state index in [1.807, 2.05) is 12.1 Å². The number of imide groups is 1. The Morgan fingerprint density at radius 3 is 2.16 bits per heavy atom. The average Bonchev–Trinajstić information content (AvgIpc) is 3.34. The molecule has 31 heavy (non-hydrogen) atoms. The van der Waals surface area contributed by atoms with Gasteiger partial charge in [0.1, 0.15) is 0 Å². The van der Waals surface area contributed by atoms with E-state index < -0.39 is 23.4 Å². The number of nitrogens with two attached hydrogens (primary N) is 1. The van der Waals surface area contributed by atoms with Crippen LogP contribution in [0.5, 0.6) is 0 Å². The maximum Gasteiger partial charge on any atom is 0.332 e. The molecule has 5 rings (SSSR count). The minimum atomic E-state index is -1.51. The Labute approximate surface area is 183 Å². The number of piperidine rings is 1. The first-order chi connectivity index (χ1) is 15.0. The summed E-state index contributed by atoms with van der Waals surface area (Å²) in [6.07, 6.45) is 9.22. The van der Waals surface area contributed by atoms with Crippen LogP contribution in [0.3, 0.4) is 0 Å². The zero-order chi connectivity index (χ0) is 21.6. The van der Waals surface area contributed by atoms with Crippen LogP contribution in [0.4, 0.5) is 10.5 Å². The minimum absolute atomic E-state index is 0.214. The Balaban J connectivity index is 1.37. The number of primary amides is 1. The van der Waals surface area contributed by atoms with Crippen LogP contribution in [-0.2, 0) is 15.0 Å². The Bertz CT molecular complexity index is 889. The third-order valence-electron chi connectivity index (χ3n) is 8.17. The maximum atomic E-state index is 13.3. The number of nitrogens with zero attached hydrogens (tertiary/aromatic N) is 3. The van der Waals surface area contributed by atoms with Crippen LogP contribution < -0.4 is 10.6 Å². The Kier molecular flexibility index (Phi) is 5.04. The quantitative estimate of drug-likeness (QED) is 0.562. The molecule has 3 saturated heterocycles. The Hall–Kier alpha value is -2.41. The summed E-state index contributed by atoms with van der Waals surface area (Å²) in [6.45, 7) is 3.96. The van der Waals surface area contributed by atoms with Gasteiger partial charge in [0.05, 0.1) is 5.69 Å². The highest BCUT2D eigenvalue weighted by molar-refractivity contribution is 6.30. The van der Waals surface area contributed by atoms with Gasteiger partial charge in [0, 0.05) is 6.54 Å². The van der Waals surface area contributed by atoms with Crippen LogP contribution in [0.1, 0.15) is 63.4 Å². The fourth-order valence-corrected chi connectivity index (χ4v) is 6.07. The van der Waals surface area contributed by atoms with Crippen LogP contribution in [0, 0.1) is 0 Å². The molecule has 3 aliphatic heterocycles. The highest BCUT2D eigenvalue weighted by Gasteiger charge is 2.62. The van der Waals surface area contributed by atoms with Gasteiger partial charge in [-0.05, 0) is 94.1 Å². The second kappa shape index (κ2) is 7.62. The number of amides is 4. The molecule has 166 valence electrons. The maximum absolute atomic E-state index is 13.3. The summed E-state index contributed by atoms with van der Waals surface area (Å²) in [5.41, 5.74) is 6.17. The molecule has 1 aromatic rings. The first-order valence-corrected chi connectivity index (χ1v) is 11.8. The summed E-state index contributed by atoms with van der Waals surface area (Å²) in [5.74, 6) is -1.22. The molecule has 0 spiro atoms. The fraction of sp³-hybridized carbons (Fsp3) is 0.625. The molecule has 7 nitrogen and oxygen atoms in total. The molecule has 4 aliphatic rings. The molecule has 0 unspecified atom stereocenters. The van der Waals surface area contributed by atoms with E-state index in [4.69, 9.17) is 5.73 Å². The fourth-order valence-electron chi connectivity index (χ4n) is 6.07. The van der Waals surface area contributed by atoms with Crippen LogP contribution in [-0.4, -0.2) is 59.4 Å². The van der Waals surface area contributed by atoms with Crippen LogP contribution >= 0.6 is 0 Å². The van der Waals surface area contributed by atoms with E-state index in [-0.39, 0.29) is 5.41 Å². The summed E-state index contributed by atoms with van der Waals surface area (Å²) in [7, 11) is 0. The molecule has 1 aromatic carbocycles. The lowest BCUT2D eigenvalue weighted by molar-refractivity contribution is -0.139. The first kappa shape index (κ1) is 20.5. The standard InChI is InChI=1S/C24H32N4O3/c25-20(29)24-12-1-2-16-27(24)22(31)28(21(24)30)19-8-6-18(7-9-19)23(10-5-11-23)13-17-26-14-3-4-15-26/h6-9H,1-5,10-17H2,(H2,25,29)/t24-/m0/s1. The average molecular weight is 425 g/mol. The SMILES string of the molecule is NC(=O)[C@]12CCCCN1C(=O)N(c1ccc(C3(CCN4CCCC4)CCC3)cc1)C2=O. The highest BCUT2D eigenvalue weighted by Crippen LogP contribution is 2.47. The summed E-state index contributed by atoms with van der Waals surface area (Å²) in [5, 5.41) is 0. The number of likely N-dealkylation sites (tertiary alicyclic amines) is 1. The van der Waals surface area contributed by atoms with Gasteiger partial charge in [0.15, 0.2) is 0 Å². The number of hydrogen-bond donors (Lipinski definition) is 1. The second-order valence-electron chi connectivity index (χ2n) is 9.74. The molecular weight excluding hydrogens is 392 g/mol. The topological polar surface area (TPSA) is 86.9 Å². The molecular formula is C24H32N4O3. The number of carbonyl (C=O) groups is 3. The van der Waals surface area contributed by atoms with E-state index >= 15 is 0 Å². The van der Waals surface area contributed by atoms with Crippen LogP contribution in [0.15, 0.2) is 24.3 Å². The van der Waals surface area contributed by atoms with E-state index in [9.17, 15) is 14.4 Å². The lowest BCUT2D eigenvalue weighted by Crippen LogP contribution is -2.60. The van der Waals surface area contributed by atoms with Gasteiger partial charge >= 0.3 is 6.03 Å². The van der Waals surface area contributed by atoms with Gasteiger partial charge < -0.3 is 15.5 Å². The molecule has 3 heterocycles. The van der Waals surface area contributed by atoms with Crippen molar-refractivity contribution in [3.05, 3.63) is 29.8 Å². The zero-order valence-corrected chi connectivity index (χ0v) is 18.1. The van der Waals surface area contributed by atoms with Crippen molar-refractivity contribution in [3.63, 3.8) is 0 Å². The molecule has 4 fully saturated rings. The molecule has 1 aliphatic carbocycles. The summed E-state index contributed by atoms with van der Waals surface area (Å²) in [4.78, 5) is 43.7. The van der Waals surface area contributed by atoms with E-state index in [1.165, 1.54) is 55.7 Å². The molecule has 1 atom stereocenters. The van der Waals surface area contributed by atoms with Gasteiger partial charge in [-0.1, -0.05) is 18.6 Å². The predicted octanol–water partition coefficient (Wildman–Crippen LogP) is 2.77. The van der Waals surface area contributed by atoms with Gasteiger partial charge in [-0.15, -0.1) is 0 Å². The van der Waals surface area contributed by atoms with Crippen LogP contribution in [0.25, 0.3) is 0 Å². The number of benzene rings is 1. The van der Waals surface area contributed by atoms with Crippen molar-refractivity contribution in [1.29, 1.82) is 0 Å². The first-order valence-electron chi connectivity index (χ1n) is 11.8. The highest BCUT2D eigenvalue weighted by atomic mass is 16.2. The van der Waals surface area contributed by atoms with E-state index in [2.05, 4.69) is 17.0 Å². The molecule has 0 radical (unpaired) electrons. The van der Waals surface area contributed by atoms with Crippen molar-refractivity contribution in [2.24, 2.45) is 5.73 Å². The third kappa shape index (κ3) is 3.08. The molecule has 4 amide bonds. The number of hydrogen-bond acceptors (Lipinski definition) is 4. The molecule has 7 heteroatoms. The Morgan fingerprint density at radius 1 is 0.903 bits per heavy atom. The van der Waals surface area contributed by atoms with Crippen LogP contribution in [0.2, 0.25) is 0 Å². The summed E-state index contributed by atoms with van der Waals surface area (Å²) < 4.78 is 0. The van der Waals surface area contributed by atoms with Gasteiger partial charge in [-0.3, -0.25) is 9.59 Å². The monoisotopic (exact) mass is 424 g/mol. The predicted molar refractivity (Wildman–Crippen MR) is 118 cm³/mol. The summed E-state index contributed by atoms with van der Waals surface area (Å²) in [6, 6.07) is 7.46. The smallest absolute Gasteiger partial charge is 0.332 e. The number of fused-ring (bicyclic) bond motifs is 1. The van der Waals surface area contributed by atoms with Crippen molar-refractivity contribution in [3.8, 4) is 0 Å².